The van der Waals surface area contributed by atoms with E-state index >= 15 is 0 Å². The van der Waals surface area contributed by atoms with Gasteiger partial charge < -0.3 is 14.2 Å². The Morgan fingerprint density at radius 3 is 2.19 bits per heavy atom. The second-order valence-electron chi connectivity index (χ2n) is 6.93. The SMILES string of the molecule is CCOc1ccc(C(Cl)(COCc2ccc(F)c(Oc3ccccc3)c2)C(F)(F)F)cc1. The molecule has 0 aliphatic carbocycles. The van der Waals surface area contributed by atoms with Gasteiger partial charge in [0.2, 0.25) is 0 Å². The molecule has 0 spiro atoms. The Kier molecular flexibility index (Phi) is 7.64. The van der Waals surface area contributed by atoms with Crippen molar-refractivity contribution in [3.63, 3.8) is 0 Å². The molecule has 0 aromatic heterocycles. The Hall–Kier alpha value is -2.77. The fraction of sp³-hybridized carbons (Fsp3) is 0.250. The summed E-state index contributed by atoms with van der Waals surface area (Å²) < 4.78 is 71.6. The Balaban J connectivity index is 1.71. The van der Waals surface area contributed by atoms with Crippen LogP contribution in [-0.2, 0) is 16.2 Å². The van der Waals surface area contributed by atoms with Gasteiger partial charge in [-0.2, -0.15) is 13.2 Å². The molecular formula is C24H21ClF4O3. The number of halogens is 5. The van der Waals surface area contributed by atoms with Crippen molar-refractivity contribution in [3.05, 3.63) is 89.7 Å². The maximum atomic E-state index is 14.1. The topological polar surface area (TPSA) is 27.7 Å². The predicted octanol–water partition coefficient (Wildman–Crippen LogP) is 7.23. The van der Waals surface area contributed by atoms with Gasteiger partial charge in [-0.25, -0.2) is 4.39 Å². The van der Waals surface area contributed by atoms with Crippen molar-refractivity contribution >= 4 is 11.6 Å². The first-order valence-electron chi connectivity index (χ1n) is 9.81. The largest absolute Gasteiger partial charge is 0.494 e. The Bertz CT molecular complexity index is 1010. The zero-order chi connectivity index (χ0) is 23.2. The Morgan fingerprint density at radius 1 is 0.875 bits per heavy atom. The molecule has 0 radical (unpaired) electrons. The van der Waals surface area contributed by atoms with Crippen LogP contribution in [0.5, 0.6) is 17.2 Å². The standard InChI is InChI=1S/C24H21ClF4O3/c1-2-31-19-11-9-18(10-12-19)23(25,24(27,28)29)16-30-15-17-8-13-21(26)22(14-17)32-20-6-4-3-5-7-20/h3-14H,2,15-16H2,1H3. The number of rotatable bonds is 9. The van der Waals surface area contributed by atoms with Crippen LogP contribution in [-0.4, -0.2) is 19.4 Å². The molecular weight excluding hydrogens is 448 g/mol. The summed E-state index contributed by atoms with van der Waals surface area (Å²) in [5.41, 5.74) is 0.271. The minimum Gasteiger partial charge on any atom is -0.494 e. The maximum Gasteiger partial charge on any atom is 0.413 e. The van der Waals surface area contributed by atoms with Crippen LogP contribution >= 0.6 is 11.6 Å². The van der Waals surface area contributed by atoms with Crippen LogP contribution in [0.1, 0.15) is 18.1 Å². The summed E-state index contributed by atoms with van der Waals surface area (Å²) in [4.78, 5) is -2.75. The van der Waals surface area contributed by atoms with Crippen molar-refractivity contribution < 1.29 is 31.8 Å². The van der Waals surface area contributed by atoms with Gasteiger partial charge in [0.25, 0.3) is 0 Å². The minimum atomic E-state index is -4.77. The number of ether oxygens (including phenoxy) is 3. The molecule has 8 heteroatoms. The highest BCUT2D eigenvalue weighted by Crippen LogP contribution is 2.45. The highest BCUT2D eigenvalue weighted by molar-refractivity contribution is 6.24. The molecule has 32 heavy (non-hydrogen) atoms. The van der Waals surface area contributed by atoms with E-state index in [1.54, 1.807) is 37.3 Å². The van der Waals surface area contributed by atoms with Gasteiger partial charge in [-0.15, -0.1) is 11.6 Å². The van der Waals surface area contributed by atoms with E-state index < -0.39 is 23.5 Å². The number of benzene rings is 3. The van der Waals surface area contributed by atoms with Gasteiger partial charge in [0.1, 0.15) is 11.5 Å². The van der Waals surface area contributed by atoms with E-state index in [0.29, 0.717) is 23.7 Å². The molecule has 0 saturated carbocycles. The van der Waals surface area contributed by atoms with E-state index in [1.807, 2.05) is 0 Å². The molecule has 0 aliphatic rings. The summed E-state index contributed by atoms with van der Waals surface area (Å²) in [6, 6.07) is 17.9. The summed E-state index contributed by atoms with van der Waals surface area (Å²) in [7, 11) is 0. The van der Waals surface area contributed by atoms with Crippen molar-refractivity contribution in [3.8, 4) is 17.2 Å². The lowest BCUT2D eigenvalue weighted by Crippen LogP contribution is -2.41. The Labute approximate surface area is 188 Å². The second-order valence-corrected chi connectivity index (χ2v) is 7.57. The molecule has 1 atom stereocenters. The van der Waals surface area contributed by atoms with Crippen LogP contribution in [0.15, 0.2) is 72.8 Å². The number of hydrogen-bond acceptors (Lipinski definition) is 3. The monoisotopic (exact) mass is 468 g/mol. The summed E-state index contributed by atoms with van der Waals surface area (Å²) in [5.74, 6) is 0.207. The molecule has 170 valence electrons. The molecule has 0 saturated heterocycles. The summed E-state index contributed by atoms with van der Waals surface area (Å²) in [6.07, 6.45) is -4.77. The third-order valence-electron chi connectivity index (χ3n) is 4.61. The lowest BCUT2D eigenvalue weighted by molar-refractivity contribution is -0.179. The van der Waals surface area contributed by atoms with E-state index in [9.17, 15) is 17.6 Å². The van der Waals surface area contributed by atoms with Crippen LogP contribution in [0.3, 0.4) is 0 Å². The highest BCUT2D eigenvalue weighted by atomic mass is 35.5. The summed E-state index contributed by atoms with van der Waals surface area (Å²) >= 11 is 6.02. The predicted molar refractivity (Wildman–Crippen MR) is 114 cm³/mol. The molecule has 0 amide bonds. The first kappa shape index (κ1) is 23.9. The highest BCUT2D eigenvalue weighted by Gasteiger charge is 2.55. The minimum absolute atomic E-state index is 0.0585. The molecule has 0 bridgehead atoms. The normalized spacial score (nSPS) is 13.4. The molecule has 3 rings (SSSR count). The number of alkyl halides is 4. The lowest BCUT2D eigenvalue weighted by atomic mass is 9.98. The molecule has 0 N–H and O–H groups in total. The first-order valence-corrected chi connectivity index (χ1v) is 10.2. The average Bonchev–Trinajstić information content (AvgIpc) is 2.76. The van der Waals surface area contributed by atoms with E-state index in [1.165, 1.54) is 42.5 Å². The molecule has 3 nitrogen and oxygen atoms in total. The molecule has 0 fully saturated rings. The van der Waals surface area contributed by atoms with E-state index in [2.05, 4.69) is 0 Å². The van der Waals surface area contributed by atoms with E-state index in [0.717, 1.165) is 0 Å². The van der Waals surface area contributed by atoms with Gasteiger partial charge in [-0.3, -0.25) is 0 Å². The van der Waals surface area contributed by atoms with Crippen molar-refractivity contribution in [1.82, 2.24) is 0 Å². The Morgan fingerprint density at radius 2 is 1.56 bits per heavy atom. The van der Waals surface area contributed by atoms with Crippen molar-refractivity contribution in [2.45, 2.75) is 24.6 Å². The van der Waals surface area contributed by atoms with Crippen molar-refractivity contribution in [1.29, 1.82) is 0 Å². The summed E-state index contributed by atoms with van der Waals surface area (Å²) in [5, 5.41) is 0. The van der Waals surface area contributed by atoms with Crippen LogP contribution in [0.25, 0.3) is 0 Å². The molecule has 0 aliphatic heterocycles. The zero-order valence-corrected chi connectivity index (χ0v) is 17.9. The fourth-order valence-corrected chi connectivity index (χ4v) is 3.15. The van der Waals surface area contributed by atoms with E-state index in [4.69, 9.17) is 25.8 Å². The third kappa shape index (κ3) is 5.72. The van der Waals surface area contributed by atoms with Gasteiger partial charge in [0.05, 0.1) is 19.8 Å². The van der Waals surface area contributed by atoms with Gasteiger partial charge in [0.15, 0.2) is 16.4 Å². The van der Waals surface area contributed by atoms with Crippen molar-refractivity contribution in [2.75, 3.05) is 13.2 Å². The number of hydrogen-bond donors (Lipinski definition) is 0. The molecule has 3 aromatic carbocycles. The molecule has 1 unspecified atom stereocenters. The quantitative estimate of drug-likeness (QED) is 0.245. The van der Waals surface area contributed by atoms with Gasteiger partial charge in [-0.1, -0.05) is 36.4 Å². The van der Waals surface area contributed by atoms with Crippen molar-refractivity contribution in [2.24, 2.45) is 0 Å². The third-order valence-corrected chi connectivity index (χ3v) is 5.15. The molecule has 3 aromatic rings. The van der Waals surface area contributed by atoms with Gasteiger partial charge >= 0.3 is 6.18 Å². The smallest absolute Gasteiger partial charge is 0.413 e. The molecule has 0 heterocycles. The van der Waals surface area contributed by atoms with Crippen LogP contribution < -0.4 is 9.47 Å². The fourth-order valence-electron chi connectivity index (χ4n) is 2.95. The number of para-hydroxylation sites is 1. The first-order chi connectivity index (χ1) is 15.2. The van der Waals surface area contributed by atoms with Crippen LogP contribution in [0.4, 0.5) is 17.6 Å². The average molecular weight is 469 g/mol. The summed E-state index contributed by atoms with van der Waals surface area (Å²) in [6.45, 7) is 1.11. The van der Waals surface area contributed by atoms with Crippen LogP contribution in [0.2, 0.25) is 0 Å². The van der Waals surface area contributed by atoms with Gasteiger partial charge in [-0.05, 0) is 54.4 Å². The lowest BCUT2D eigenvalue weighted by Gasteiger charge is -2.30. The maximum absolute atomic E-state index is 14.1. The van der Waals surface area contributed by atoms with Crippen LogP contribution in [0, 0.1) is 5.82 Å². The zero-order valence-electron chi connectivity index (χ0n) is 17.2. The second kappa shape index (κ2) is 10.2. The van der Waals surface area contributed by atoms with Gasteiger partial charge in [0, 0.05) is 0 Å². The van der Waals surface area contributed by atoms with E-state index in [-0.39, 0.29) is 17.9 Å².